The molecular weight excluding hydrogens is 651 g/mol. The summed E-state index contributed by atoms with van der Waals surface area (Å²) in [5.74, 6) is 1.96. The molecule has 0 saturated carbocycles. The molecule has 0 spiro atoms. The number of hydrogen-bond acceptors (Lipinski definition) is 7. The van der Waals surface area contributed by atoms with E-state index in [1.165, 1.54) is 6.92 Å². The van der Waals surface area contributed by atoms with E-state index in [-0.39, 0.29) is 30.6 Å². The Morgan fingerprint density at radius 3 is 2.08 bits per heavy atom. The molecule has 1 aliphatic rings. The number of aliphatic hydroxyl groups is 1. The first-order valence-electron chi connectivity index (χ1n) is 16.3. The van der Waals surface area contributed by atoms with Crippen LogP contribution in [0.15, 0.2) is 132 Å². The van der Waals surface area contributed by atoms with E-state index < -0.39 is 12.3 Å². The molecule has 4 N–H and O–H groups in total. The molecule has 0 bridgehead atoms. The number of para-hydroxylation sites is 1. The number of aliphatic hydroxyl groups excluding tert-OH is 1. The van der Waals surface area contributed by atoms with Crippen LogP contribution >= 0.6 is 11.8 Å². The number of carbonyl (C=O) groups excluding carboxylic acids is 2. The number of benzene rings is 5. The van der Waals surface area contributed by atoms with Crippen LogP contribution in [0.25, 0.3) is 0 Å². The maximum Gasteiger partial charge on any atom is 0.323 e. The number of amides is 3. The first-order valence-corrected chi connectivity index (χ1v) is 17.3. The Labute approximate surface area is 296 Å². The molecule has 5 aromatic carbocycles. The van der Waals surface area contributed by atoms with Crippen LogP contribution in [0.1, 0.15) is 42.9 Å². The second-order valence-electron chi connectivity index (χ2n) is 12.0. The lowest BCUT2D eigenvalue weighted by molar-refractivity contribution is -0.268. The first kappa shape index (κ1) is 34.7. The fraction of sp³-hybridized carbons (Fsp3) is 0.200. The normalized spacial score (nSPS) is 18.5. The molecular formula is C40H39N3O6S. The smallest absolute Gasteiger partial charge is 0.323 e. The predicted octanol–water partition coefficient (Wildman–Crippen LogP) is 9.16. The van der Waals surface area contributed by atoms with Gasteiger partial charge in [-0.25, -0.2) is 4.79 Å². The van der Waals surface area contributed by atoms with Crippen LogP contribution in [0.2, 0.25) is 0 Å². The van der Waals surface area contributed by atoms with Gasteiger partial charge in [-0.3, -0.25) is 4.79 Å². The van der Waals surface area contributed by atoms with Crippen LogP contribution in [0.4, 0.5) is 21.9 Å². The molecule has 6 rings (SSSR count). The maximum absolute atomic E-state index is 13.0. The van der Waals surface area contributed by atoms with Crippen molar-refractivity contribution in [2.24, 2.45) is 5.92 Å². The number of nitrogens with one attached hydrogen (secondary N) is 3. The third-order valence-electron chi connectivity index (χ3n) is 8.22. The minimum absolute atomic E-state index is 0.00828. The van der Waals surface area contributed by atoms with Gasteiger partial charge in [-0.1, -0.05) is 61.5 Å². The highest BCUT2D eigenvalue weighted by Crippen LogP contribution is 2.43. The lowest BCUT2D eigenvalue weighted by atomic mass is 9.91. The largest absolute Gasteiger partial charge is 0.457 e. The van der Waals surface area contributed by atoms with Crippen molar-refractivity contribution < 1.29 is 28.9 Å². The summed E-state index contributed by atoms with van der Waals surface area (Å²) in [5.41, 5.74) is 4.54. The lowest BCUT2D eigenvalue weighted by Gasteiger charge is -2.41. The molecule has 1 saturated heterocycles. The summed E-state index contributed by atoms with van der Waals surface area (Å²) in [6.07, 6.45) is -1.14. The highest BCUT2D eigenvalue weighted by atomic mass is 32.2. The SMILES string of the molecule is CC(=O)Nc1ccc(SC[C@@H]2O[C@H](c3cccc(NC(=O)Nc4ccc(Oc5ccccc5)cc4)c3)O[C@H](c3ccc(CO)cc3)[C@@H]2C)cc1. The maximum atomic E-state index is 13.0. The standard InChI is InChI=1S/C40H39N3O6S/c1-26-37(25-50-36-21-17-31(18-22-36)41-27(2)45)48-39(49-38(26)29-13-11-28(24-44)12-14-29)30-7-6-8-33(23-30)43-40(46)42-32-15-19-35(20-16-32)47-34-9-4-3-5-10-34/h3-23,26,37-39,44H,24-25H2,1-2H3,(H,41,45)(H2,42,43,46)/t26-,37+,38+,39+/m1/s1. The highest BCUT2D eigenvalue weighted by Gasteiger charge is 2.38. The van der Waals surface area contributed by atoms with Crippen molar-refractivity contribution in [3.05, 3.63) is 144 Å². The Kier molecular flexibility index (Phi) is 11.5. The zero-order valence-electron chi connectivity index (χ0n) is 27.7. The van der Waals surface area contributed by atoms with Gasteiger partial charge in [0.15, 0.2) is 6.29 Å². The second kappa shape index (κ2) is 16.5. The average molecular weight is 690 g/mol. The number of ether oxygens (including phenoxy) is 3. The third-order valence-corrected chi connectivity index (χ3v) is 9.32. The number of rotatable bonds is 11. The van der Waals surface area contributed by atoms with Gasteiger partial charge >= 0.3 is 6.03 Å². The summed E-state index contributed by atoms with van der Waals surface area (Å²) >= 11 is 1.67. The quantitative estimate of drug-likeness (QED) is 0.102. The van der Waals surface area contributed by atoms with E-state index >= 15 is 0 Å². The molecule has 50 heavy (non-hydrogen) atoms. The Morgan fingerprint density at radius 1 is 0.720 bits per heavy atom. The van der Waals surface area contributed by atoms with Crippen molar-refractivity contribution in [2.75, 3.05) is 21.7 Å². The predicted molar refractivity (Wildman–Crippen MR) is 196 cm³/mol. The molecule has 1 fully saturated rings. The summed E-state index contributed by atoms with van der Waals surface area (Å²) in [4.78, 5) is 25.4. The van der Waals surface area contributed by atoms with E-state index in [4.69, 9.17) is 14.2 Å². The van der Waals surface area contributed by atoms with Gasteiger partial charge in [0.2, 0.25) is 5.91 Å². The van der Waals surface area contributed by atoms with E-state index in [2.05, 4.69) is 22.9 Å². The van der Waals surface area contributed by atoms with Crippen molar-refractivity contribution in [1.29, 1.82) is 0 Å². The minimum Gasteiger partial charge on any atom is -0.457 e. The zero-order valence-corrected chi connectivity index (χ0v) is 28.6. The fourth-order valence-corrected chi connectivity index (χ4v) is 6.68. The number of carbonyl (C=O) groups is 2. The van der Waals surface area contributed by atoms with Gasteiger partial charge in [0.25, 0.3) is 0 Å². The van der Waals surface area contributed by atoms with Gasteiger partial charge in [0.05, 0.1) is 18.8 Å². The van der Waals surface area contributed by atoms with Crippen molar-refractivity contribution in [3.63, 3.8) is 0 Å². The second-order valence-corrected chi connectivity index (χ2v) is 13.1. The van der Waals surface area contributed by atoms with Crippen molar-refractivity contribution in [1.82, 2.24) is 0 Å². The highest BCUT2D eigenvalue weighted by molar-refractivity contribution is 7.99. The molecule has 0 radical (unpaired) electrons. The summed E-state index contributed by atoms with van der Waals surface area (Å²) < 4.78 is 19.1. The Hall–Kier alpha value is -5.13. The van der Waals surface area contributed by atoms with Crippen LogP contribution in [-0.2, 0) is 20.9 Å². The number of hydrogen-bond donors (Lipinski definition) is 4. The molecule has 1 aliphatic heterocycles. The summed E-state index contributed by atoms with van der Waals surface area (Å²) in [6.45, 7) is 3.57. The molecule has 3 amide bonds. The van der Waals surface area contributed by atoms with Crippen molar-refractivity contribution >= 4 is 40.8 Å². The van der Waals surface area contributed by atoms with Crippen molar-refractivity contribution in [3.8, 4) is 11.5 Å². The molecule has 256 valence electrons. The first-order chi connectivity index (χ1) is 24.3. The summed E-state index contributed by atoms with van der Waals surface area (Å²) in [5, 5.41) is 18.2. The van der Waals surface area contributed by atoms with Gasteiger partial charge in [-0.15, -0.1) is 11.8 Å². The Bertz CT molecular complexity index is 1870. The van der Waals surface area contributed by atoms with Crippen LogP contribution in [-0.4, -0.2) is 28.9 Å². The number of anilines is 3. The molecule has 1 heterocycles. The van der Waals surface area contributed by atoms with E-state index in [0.717, 1.165) is 33.0 Å². The van der Waals surface area contributed by atoms with E-state index in [1.807, 2.05) is 103 Å². The zero-order chi connectivity index (χ0) is 34.9. The topological polar surface area (TPSA) is 118 Å². The van der Waals surface area contributed by atoms with Gasteiger partial charge in [-0.05, 0) is 83.9 Å². The number of urea groups is 1. The molecule has 10 heteroatoms. The molecule has 0 aliphatic carbocycles. The minimum atomic E-state index is -0.691. The van der Waals surface area contributed by atoms with Crippen LogP contribution < -0.4 is 20.7 Å². The van der Waals surface area contributed by atoms with Gasteiger partial charge in [0, 0.05) is 46.1 Å². The van der Waals surface area contributed by atoms with Crippen molar-refractivity contribution in [2.45, 2.75) is 43.8 Å². The van der Waals surface area contributed by atoms with E-state index in [9.17, 15) is 14.7 Å². The molecule has 5 aromatic rings. The molecule has 9 nitrogen and oxygen atoms in total. The Morgan fingerprint density at radius 2 is 1.38 bits per heavy atom. The molecule has 0 unspecified atom stereocenters. The van der Waals surface area contributed by atoms with Gasteiger partial charge < -0.3 is 35.3 Å². The van der Waals surface area contributed by atoms with Crippen LogP contribution in [0, 0.1) is 5.92 Å². The monoisotopic (exact) mass is 689 g/mol. The molecule has 4 atom stereocenters. The van der Waals surface area contributed by atoms with E-state index in [0.29, 0.717) is 22.9 Å². The number of thioether (sulfide) groups is 1. The van der Waals surface area contributed by atoms with Gasteiger partial charge in [0.1, 0.15) is 11.5 Å². The summed E-state index contributed by atoms with van der Waals surface area (Å²) in [7, 11) is 0. The van der Waals surface area contributed by atoms with E-state index in [1.54, 1.807) is 36.0 Å². The Balaban J connectivity index is 1.13. The van der Waals surface area contributed by atoms with Crippen LogP contribution in [0.5, 0.6) is 11.5 Å². The molecule has 0 aromatic heterocycles. The third kappa shape index (κ3) is 9.31. The lowest BCUT2D eigenvalue weighted by Crippen LogP contribution is -2.38. The summed E-state index contributed by atoms with van der Waals surface area (Å²) in [6, 6.07) is 39.2. The average Bonchev–Trinajstić information content (AvgIpc) is 3.13. The van der Waals surface area contributed by atoms with Crippen LogP contribution in [0.3, 0.4) is 0 Å². The fourth-order valence-electron chi connectivity index (χ4n) is 5.61. The van der Waals surface area contributed by atoms with Gasteiger partial charge in [-0.2, -0.15) is 0 Å².